The molecular weight excluding hydrogens is 433 g/mol. The highest BCUT2D eigenvalue weighted by atomic mass is 19.4. The van der Waals surface area contributed by atoms with E-state index in [0.717, 1.165) is 23.2 Å². The number of amides is 1. The molecule has 10 heteroatoms. The van der Waals surface area contributed by atoms with E-state index in [9.17, 15) is 18.0 Å². The Bertz CT molecular complexity index is 1090. The van der Waals surface area contributed by atoms with Crippen molar-refractivity contribution in [2.45, 2.75) is 52.8 Å². The molecule has 0 aliphatic heterocycles. The maximum atomic E-state index is 13.0. The van der Waals surface area contributed by atoms with Gasteiger partial charge in [0.05, 0.1) is 6.04 Å². The fraction of sp³-hybridized carbons (Fsp3) is 0.478. The van der Waals surface area contributed by atoms with Gasteiger partial charge in [0.15, 0.2) is 0 Å². The molecule has 0 saturated heterocycles. The molecule has 0 aliphatic rings. The van der Waals surface area contributed by atoms with Crippen molar-refractivity contribution >= 4 is 11.7 Å². The lowest BCUT2D eigenvalue weighted by Gasteiger charge is -2.30. The molecule has 0 bridgehead atoms. The summed E-state index contributed by atoms with van der Waals surface area (Å²) in [4.78, 5) is 22.6. The highest BCUT2D eigenvalue weighted by Gasteiger charge is 2.37. The van der Waals surface area contributed by atoms with Crippen molar-refractivity contribution in [2.75, 3.05) is 19.6 Å². The van der Waals surface area contributed by atoms with Crippen molar-refractivity contribution in [3.63, 3.8) is 0 Å². The minimum atomic E-state index is -4.64. The molecule has 1 atom stereocenters. The Morgan fingerprint density at radius 1 is 1.12 bits per heavy atom. The Labute approximate surface area is 191 Å². The lowest BCUT2D eigenvalue weighted by molar-refractivity contribution is -0.144. The van der Waals surface area contributed by atoms with Crippen molar-refractivity contribution in [2.24, 2.45) is 0 Å². The van der Waals surface area contributed by atoms with E-state index in [2.05, 4.69) is 51.3 Å². The quantitative estimate of drug-likeness (QED) is 0.522. The molecule has 0 saturated carbocycles. The summed E-state index contributed by atoms with van der Waals surface area (Å²) in [5.41, 5.74) is 2.87. The van der Waals surface area contributed by atoms with E-state index in [1.165, 1.54) is 0 Å². The number of carbonyl (C=O) groups excluding carboxylic acids is 1. The fourth-order valence-corrected chi connectivity index (χ4v) is 4.03. The summed E-state index contributed by atoms with van der Waals surface area (Å²) in [6, 6.07) is 10.1. The van der Waals surface area contributed by atoms with Gasteiger partial charge in [0.2, 0.25) is 5.91 Å². The summed E-state index contributed by atoms with van der Waals surface area (Å²) in [7, 11) is 0. The summed E-state index contributed by atoms with van der Waals surface area (Å²) < 4.78 is 40.0. The zero-order chi connectivity index (χ0) is 24.2. The second-order valence-electron chi connectivity index (χ2n) is 7.86. The highest BCUT2D eigenvalue weighted by molar-refractivity contribution is 5.76. The average Bonchev–Trinajstić information content (AvgIpc) is 3.22. The molecular formula is C23H29F3N6O. The first-order valence-corrected chi connectivity index (χ1v) is 11.0. The molecule has 3 aromatic rings. The molecule has 1 aromatic carbocycles. The van der Waals surface area contributed by atoms with E-state index < -0.39 is 12.0 Å². The number of aryl methyl sites for hydroxylation is 2. The number of fused-ring (bicyclic) bond motifs is 1. The molecule has 0 fully saturated rings. The van der Waals surface area contributed by atoms with E-state index in [-0.39, 0.29) is 24.1 Å². The SMILES string of the molecule is CCN(CC)C(CNC(=O)CCc1c(C)nc2nc(C(F)(F)F)nn2c1C)c1ccccc1. The van der Waals surface area contributed by atoms with Gasteiger partial charge >= 0.3 is 6.18 Å². The first kappa shape index (κ1) is 24.6. The predicted molar refractivity (Wildman–Crippen MR) is 119 cm³/mol. The zero-order valence-corrected chi connectivity index (χ0v) is 19.3. The summed E-state index contributed by atoms with van der Waals surface area (Å²) in [6.07, 6.45) is -4.11. The number of likely N-dealkylation sites (N-methyl/N-ethyl adjacent to an activating group) is 1. The van der Waals surface area contributed by atoms with Gasteiger partial charge in [-0.1, -0.05) is 44.2 Å². The van der Waals surface area contributed by atoms with Gasteiger partial charge < -0.3 is 5.32 Å². The van der Waals surface area contributed by atoms with Gasteiger partial charge in [0.25, 0.3) is 11.6 Å². The molecule has 0 radical (unpaired) electrons. The Hall–Kier alpha value is -3.01. The molecule has 3 rings (SSSR count). The number of aromatic nitrogens is 4. The first-order chi connectivity index (χ1) is 15.7. The minimum Gasteiger partial charge on any atom is -0.354 e. The van der Waals surface area contributed by atoms with E-state index in [0.29, 0.717) is 29.9 Å². The number of hydrogen-bond acceptors (Lipinski definition) is 5. The number of hydrogen-bond donors (Lipinski definition) is 1. The van der Waals surface area contributed by atoms with Crippen LogP contribution in [0.5, 0.6) is 0 Å². The summed E-state index contributed by atoms with van der Waals surface area (Å²) in [5.74, 6) is -1.46. The van der Waals surface area contributed by atoms with Crippen LogP contribution in [0.25, 0.3) is 5.78 Å². The van der Waals surface area contributed by atoms with Crippen LogP contribution in [-0.2, 0) is 17.4 Å². The third-order valence-electron chi connectivity index (χ3n) is 5.83. The molecule has 0 spiro atoms. The van der Waals surface area contributed by atoms with Gasteiger partial charge in [-0.2, -0.15) is 18.2 Å². The minimum absolute atomic E-state index is 0.0579. The van der Waals surface area contributed by atoms with Crippen LogP contribution in [0.3, 0.4) is 0 Å². The van der Waals surface area contributed by atoms with Crippen LogP contribution in [0.1, 0.15) is 54.6 Å². The number of nitrogens with one attached hydrogen (secondary N) is 1. The summed E-state index contributed by atoms with van der Waals surface area (Å²) in [5, 5.41) is 6.57. The van der Waals surface area contributed by atoms with Gasteiger partial charge in [-0.3, -0.25) is 9.69 Å². The molecule has 33 heavy (non-hydrogen) atoms. The molecule has 1 amide bonds. The number of alkyl halides is 3. The van der Waals surface area contributed by atoms with Crippen LogP contribution in [0, 0.1) is 13.8 Å². The third-order valence-corrected chi connectivity index (χ3v) is 5.83. The lowest BCUT2D eigenvalue weighted by Crippen LogP contribution is -2.38. The van der Waals surface area contributed by atoms with Gasteiger partial charge in [-0.15, -0.1) is 5.10 Å². The Kier molecular flexibility index (Phi) is 7.68. The molecule has 1 unspecified atom stereocenters. The van der Waals surface area contributed by atoms with Crippen molar-refractivity contribution in [3.8, 4) is 0 Å². The first-order valence-electron chi connectivity index (χ1n) is 11.0. The number of benzene rings is 1. The summed E-state index contributed by atoms with van der Waals surface area (Å²) >= 11 is 0. The molecule has 2 aromatic heterocycles. The summed E-state index contributed by atoms with van der Waals surface area (Å²) in [6.45, 7) is 9.72. The van der Waals surface area contributed by atoms with Crippen LogP contribution in [0.4, 0.5) is 13.2 Å². The van der Waals surface area contributed by atoms with E-state index in [4.69, 9.17) is 0 Å². The normalized spacial score (nSPS) is 13.0. The third kappa shape index (κ3) is 5.68. The Morgan fingerprint density at radius 3 is 2.39 bits per heavy atom. The fourth-order valence-electron chi connectivity index (χ4n) is 4.03. The molecule has 178 valence electrons. The average molecular weight is 463 g/mol. The van der Waals surface area contributed by atoms with Gasteiger partial charge in [0.1, 0.15) is 0 Å². The number of halogens is 3. The maximum absolute atomic E-state index is 13.0. The van der Waals surface area contributed by atoms with Crippen molar-refractivity contribution < 1.29 is 18.0 Å². The monoisotopic (exact) mass is 462 g/mol. The smallest absolute Gasteiger partial charge is 0.354 e. The standard InChI is InChI=1S/C23H29F3N6O/c1-5-31(6-2)19(17-10-8-7-9-11-17)14-27-20(33)13-12-18-15(3)28-22-29-21(23(24,25)26)30-32(22)16(18)4/h7-11,19H,5-6,12-14H2,1-4H3,(H,27,33). The molecule has 0 aliphatic carbocycles. The largest absolute Gasteiger partial charge is 0.453 e. The van der Waals surface area contributed by atoms with Gasteiger partial charge in [0, 0.05) is 24.4 Å². The van der Waals surface area contributed by atoms with Crippen LogP contribution in [0.2, 0.25) is 0 Å². The predicted octanol–water partition coefficient (Wildman–Crippen LogP) is 3.89. The van der Waals surface area contributed by atoms with Crippen LogP contribution < -0.4 is 5.32 Å². The number of carbonyl (C=O) groups is 1. The highest BCUT2D eigenvalue weighted by Crippen LogP contribution is 2.27. The van der Waals surface area contributed by atoms with Crippen molar-refractivity contribution in [1.29, 1.82) is 0 Å². The topological polar surface area (TPSA) is 75.4 Å². The second-order valence-corrected chi connectivity index (χ2v) is 7.86. The van der Waals surface area contributed by atoms with E-state index in [1.54, 1.807) is 13.8 Å². The Morgan fingerprint density at radius 2 is 1.79 bits per heavy atom. The van der Waals surface area contributed by atoms with Crippen molar-refractivity contribution in [3.05, 3.63) is 58.7 Å². The Balaban J connectivity index is 1.70. The number of nitrogens with zero attached hydrogens (tertiary/aromatic N) is 5. The van der Waals surface area contributed by atoms with Crippen LogP contribution in [0.15, 0.2) is 30.3 Å². The lowest BCUT2D eigenvalue weighted by atomic mass is 10.0. The molecule has 2 heterocycles. The van der Waals surface area contributed by atoms with E-state index in [1.807, 2.05) is 18.2 Å². The zero-order valence-electron chi connectivity index (χ0n) is 19.3. The maximum Gasteiger partial charge on any atom is 0.453 e. The number of rotatable bonds is 9. The molecule has 7 nitrogen and oxygen atoms in total. The van der Waals surface area contributed by atoms with Crippen LogP contribution in [-0.4, -0.2) is 50.0 Å². The van der Waals surface area contributed by atoms with Crippen LogP contribution >= 0.6 is 0 Å². The molecule has 1 N–H and O–H groups in total. The van der Waals surface area contributed by atoms with Gasteiger partial charge in [-0.05, 0) is 44.5 Å². The van der Waals surface area contributed by atoms with Crippen molar-refractivity contribution in [1.82, 2.24) is 29.8 Å². The van der Waals surface area contributed by atoms with E-state index >= 15 is 0 Å². The van der Waals surface area contributed by atoms with Gasteiger partial charge in [-0.25, -0.2) is 9.50 Å². The second kappa shape index (κ2) is 10.3.